The van der Waals surface area contributed by atoms with Crippen LogP contribution in [-0.4, -0.2) is 17.8 Å². The Morgan fingerprint density at radius 2 is 2.25 bits per heavy atom. The van der Waals surface area contributed by atoms with Gasteiger partial charge in [0, 0.05) is 18.3 Å². The monoisotopic (exact) mass is 191 g/mol. The number of amides is 1. The zero-order chi connectivity index (χ0) is 9.40. The predicted molar refractivity (Wildman–Crippen MR) is 52.5 cm³/mol. The van der Waals surface area contributed by atoms with Gasteiger partial charge in [0.05, 0.1) is 0 Å². The second-order valence-electron chi connectivity index (χ2n) is 3.05. The van der Waals surface area contributed by atoms with E-state index in [1.54, 1.807) is 0 Å². The average molecular weight is 192 g/mol. The summed E-state index contributed by atoms with van der Waals surface area (Å²) in [7, 11) is 0. The van der Waals surface area contributed by atoms with Gasteiger partial charge in [0.15, 0.2) is 0 Å². The van der Waals surface area contributed by atoms with Gasteiger partial charge in [-0.1, -0.05) is 19.8 Å². The molecule has 0 fully saturated rings. The van der Waals surface area contributed by atoms with E-state index in [-0.39, 0.29) is 5.91 Å². The van der Waals surface area contributed by atoms with E-state index >= 15 is 0 Å². The van der Waals surface area contributed by atoms with E-state index in [4.69, 9.17) is 11.6 Å². The predicted octanol–water partition coefficient (Wildman–Crippen LogP) is 2.31. The van der Waals surface area contributed by atoms with Crippen LogP contribution in [0.1, 0.15) is 39.5 Å². The maximum absolute atomic E-state index is 11.0. The fraction of sp³-hybridized carbons (Fsp3) is 0.889. The Morgan fingerprint density at radius 1 is 1.58 bits per heavy atom. The number of alkyl halides is 1. The van der Waals surface area contributed by atoms with Crippen LogP contribution in [0.3, 0.4) is 0 Å². The molecule has 72 valence electrons. The highest BCUT2D eigenvalue weighted by atomic mass is 35.5. The quantitative estimate of drug-likeness (QED) is 0.642. The minimum atomic E-state index is 0.0635. The van der Waals surface area contributed by atoms with Crippen molar-refractivity contribution < 1.29 is 4.79 Å². The molecule has 12 heavy (non-hydrogen) atoms. The highest BCUT2D eigenvalue weighted by molar-refractivity contribution is 6.18. The van der Waals surface area contributed by atoms with Gasteiger partial charge in [-0.25, -0.2) is 0 Å². The normalized spacial score (nSPS) is 12.6. The topological polar surface area (TPSA) is 29.1 Å². The van der Waals surface area contributed by atoms with E-state index in [1.165, 1.54) is 12.8 Å². The van der Waals surface area contributed by atoms with Gasteiger partial charge in [-0.15, -0.1) is 11.6 Å². The van der Waals surface area contributed by atoms with E-state index in [2.05, 4.69) is 12.2 Å². The third-order valence-electron chi connectivity index (χ3n) is 1.72. The Kier molecular flexibility index (Phi) is 7.26. The van der Waals surface area contributed by atoms with Crippen molar-refractivity contribution in [1.82, 2.24) is 5.32 Å². The first-order valence-electron chi connectivity index (χ1n) is 4.56. The lowest BCUT2D eigenvalue weighted by atomic mass is 10.1. The van der Waals surface area contributed by atoms with Gasteiger partial charge >= 0.3 is 0 Å². The van der Waals surface area contributed by atoms with Crippen LogP contribution in [0.4, 0.5) is 0 Å². The van der Waals surface area contributed by atoms with E-state index in [9.17, 15) is 4.79 Å². The zero-order valence-corrected chi connectivity index (χ0v) is 8.66. The van der Waals surface area contributed by atoms with Crippen molar-refractivity contribution in [3.63, 3.8) is 0 Å². The van der Waals surface area contributed by atoms with Gasteiger partial charge in [0.25, 0.3) is 0 Å². The van der Waals surface area contributed by atoms with Crippen LogP contribution in [-0.2, 0) is 4.79 Å². The van der Waals surface area contributed by atoms with Gasteiger partial charge in [-0.3, -0.25) is 4.79 Å². The molecule has 0 spiro atoms. The van der Waals surface area contributed by atoms with E-state index in [0.29, 0.717) is 18.3 Å². The Morgan fingerprint density at radius 3 is 2.75 bits per heavy atom. The first-order valence-corrected chi connectivity index (χ1v) is 5.09. The summed E-state index contributed by atoms with van der Waals surface area (Å²) in [4.78, 5) is 11.0. The number of hydrogen-bond acceptors (Lipinski definition) is 1. The maximum atomic E-state index is 11.0. The molecule has 0 rings (SSSR count). The Labute approximate surface area is 79.7 Å². The molecule has 0 aromatic rings. The van der Waals surface area contributed by atoms with Crippen LogP contribution in [0.25, 0.3) is 0 Å². The number of carbonyl (C=O) groups excluding carboxylic acids is 1. The number of carbonyl (C=O) groups is 1. The van der Waals surface area contributed by atoms with E-state index < -0.39 is 0 Å². The van der Waals surface area contributed by atoms with Crippen molar-refractivity contribution >= 4 is 17.5 Å². The molecule has 1 atom stereocenters. The van der Waals surface area contributed by atoms with Gasteiger partial charge in [0.2, 0.25) is 5.91 Å². The Balaban J connectivity index is 3.40. The highest BCUT2D eigenvalue weighted by Crippen LogP contribution is 1.99. The van der Waals surface area contributed by atoms with E-state index in [1.807, 2.05) is 6.92 Å². The molecule has 0 bridgehead atoms. The Hall–Kier alpha value is -0.240. The van der Waals surface area contributed by atoms with Crippen LogP contribution in [0.5, 0.6) is 0 Å². The molecule has 0 radical (unpaired) electrons. The number of halogens is 1. The summed E-state index contributed by atoms with van der Waals surface area (Å²) >= 11 is 5.42. The number of unbranched alkanes of at least 4 members (excludes halogenated alkanes) is 1. The third-order valence-corrected chi connectivity index (χ3v) is 1.91. The lowest BCUT2D eigenvalue weighted by Gasteiger charge is -2.12. The lowest BCUT2D eigenvalue weighted by molar-refractivity contribution is -0.121. The second-order valence-corrected chi connectivity index (χ2v) is 3.43. The SMILES string of the molecule is CCCCC(C)NC(=O)CCCl. The van der Waals surface area contributed by atoms with E-state index in [0.717, 1.165) is 6.42 Å². The van der Waals surface area contributed by atoms with Gasteiger partial charge in [0.1, 0.15) is 0 Å². The fourth-order valence-corrected chi connectivity index (χ4v) is 1.19. The molecule has 0 heterocycles. The van der Waals surface area contributed by atoms with Gasteiger partial charge < -0.3 is 5.32 Å². The van der Waals surface area contributed by atoms with Crippen LogP contribution in [0, 0.1) is 0 Å². The van der Waals surface area contributed by atoms with Crippen molar-refractivity contribution in [2.75, 3.05) is 5.88 Å². The minimum absolute atomic E-state index is 0.0635. The summed E-state index contributed by atoms with van der Waals surface area (Å²) in [5.74, 6) is 0.473. The summed E-state index contributed by atoms with van der Waals surface area (Å²) in [6, 6.07) is 0.292. The number of rotatable bonds is 6. The molecule has 1 unspecified atom stereocenters. The van der Waals surface area contributed by atoms with Crippen molar-refractivity contribution in [3.05, 3.63) is 0 Å². The smallest absolute Gasteiger partial charge is 0.221 e. The highest BCUT2D eigenvalue weighted by Gasteiger charge is 2.04. The molecular weight excluding hydrogens is 174 g/mol. The lowest BCUT2D eigenvalue weighted by Crippen LogP contribution is -2.32. The zero-order valence-electron chi connectivity index (χ0n) is 7.90. The van der Waals surface area contributed by atoms with Crippen molar-refractivity contribution in [1.29, 1.82) is 0 Å². The molecule has 0 saturated carbocycles. The first-order chi connectivity index (χ1) is 5.70. The molecule has 0 aliphatic rings. The molecule has 0 aliphatic heterocycles. The summed E-state index contributed by atoms with van der Waals surface area (Å²) in [6.07, 6.45) is 3.83. The molecule has 0 saturated heterocycles. The largest absolute Gasteiger partial charge is 0.354 e. The van der Waals surface area contributed by atoms with Crippen LogP contribution in [0.2, 0.25) is 0 Å². The molecule has 0 aliphatic carbocycles. The standard InChI is InChI=1S/C9H18ClNO/c1-3-4-5-8(2)11-9(12)6-7-10/h8H,3-7H2,1-2H3,(H,11,12). The summed E-state index contributed by atoms with van der Waals surface area (Å²) in [5, 5.41) is 2.89. The fourth-order valence-electron chi connectivity index (χ4n) is 1.02. The number of nitrogens with one attached hydrogen (secondary N) is 1. The minimum Gasteiger partial charge on any atom is -0.354 e. The summed E-state index contributed by atoms with van der Waals surface area (Å²) < 4.78 is 0. The third kappa shape index (κ3) is 6.47. The Bertz CT molecular complexity index is 128. The molecular formula is C9H18ClNO. The first kappa shape index (κ1) is 11.8. The van der Waals surface area contributed by atoms with Crippen LogP contribution >= 0.6 is 11.6 Å². The van der Waals surface area contributed by atoms with Crippen molar-refractivity contribution in [2.45, 2.75) is 45.6 Å². The number of hydrogen-bond donors (Lipinski definition) is 1. The van der Waals surface area contributed by atoms with Gasteiger partial charge in [-0.05, 0) is 13.3 Å². The second kappa shape index (κ2) is 7.41. The van der Waals surface area contributed by atoms with Crippen molar-refractivity contribution in [2.24, 2.45) is 0 Å². The maximum Gasteiger partial charge on any atom is 0.221 e. The molecule has 1 amide bonds. The molecule has 2 nitrogen and oxygen atoms in total. The molecule has 0 aromatic heterocycles. The molecule has 0 aromatic carbocycles. The summed E-state index contributed by atoms with van der Waals surface area (Å²) in [6.45, 7) is 4.18. The molecule has 3 heteroatoms. The van der Waals surface area contributed by atoms with Crippen molar-refractivity contribution in [3.8, 4) is 0 Å². The van der Waals surface area contributed by atoms with Gasteiger partial charge in [-0.2, -0.15) is 0 Å². The van der Waals surface area contributed by atoms with Crippen LogP contribution < -0.4 is 5.32 Å². The average Bonchev–Trinajstić information content (AvgIpc) is 2.01. The molecule has 1 N–H and O–H groups in total. The van der Waals surface area contributed by atoms with Crippen LogP contribution in [0.15, 0.2) is 0 Å². The summed E-state index contributed by atoms with van der Waals surface area (Å²) in [5.41, 5.74) is 0.